The molecule has 3 heterocycles. The van der Waals surface area contributed by atoms with Crippen LogP contribution < -0.4 is 5.32 Å². The molecule has 0 unspecified atom stereocenters. The zero-order valence-electron chi connectivity index (χ0n) is 16.0. The van der Waals surface area contributed by atoms with Crippen molar-refractivity contribution in [1.82, 2.24) is 4.31 Å². The standard InChI is InChI=1S/C19H22N2O5S3/c1-26-19(23)16-13-4-2-5-14(13)28-18(16)20-17(22)12-7-9-21(10-8-12)29(24,25)15-6-3-11-27-15/h3,6,11-12H,2,4-5,7-10H2,1H3,(H,20,22). The molecule has 2 aromatic rings. The third-order valence-corrected chi connectivity index (χ3v) is 9.94. The molecule has 0 bridgehead atoms. The van der Waals surface area contributed by atoms with Gasteiger partial charge in [-0.15, -0.1) is 22.7 Å². The quantitative estimate of drug-likeness (QED) is 0.701. The fourth-order valence-electron chi connectivity index (χ4n) is 3.92. The second kappa shape index (κ2) is 8.17. The Bertz CT molecular complexity index is 1020. The predicted octanol–water partition coefficient (Wildman–Crippen LogP) is 3.12. The van der Waals surface area contributed by atoms with Gasteiger partial charge in [0.2, 0.25) is 5.91 Å². The van der Waals surface area contributed by atoms with Crippen molar-refractivity contribution in [2.45, 2.75) is 36.3 Å². The van der Waals surface area contributed by atoms with Crippen molar-refractivity contribution in [3.63, 3.8) is 0 Å². The van der Waals surface area contributed by atoms with E-state index in [1.54, 1.807) is 17.5 Å². The van der Waals surface area contributed by atoms with Crippen LogP contribution in [0.5, 0.6) is 0 Å². The summed E-state index contributed by atoms with van der Waals surface area (Å²) in [7, 11) is -2.14. The van der Waals surface area contributed by atoms with Gasteiger partial charge in [0.15, 0.2) is 0 Å². The number of hydrogen-bond acceptors (Lipinski definition) is 7. The molecule has 2 aliphatic rings. The van der Waals surface area contributed by atoms with Crippen LogP contribution in [-0.4, -0.2) is 44.8 Å². The molecule has 1 N–H and O–H groups in total. The summed E-state index contributed by atoms with van der Waals surface area (Å²) in [5, 5.41) is 5.22. The molecule has 4 rings (SSSR count). The van der Waals surface area contributed by atoms with Crippen LogP contribution in [-0.2, 0) is 32.4 Å². The number of esters is 1. The van der Waals surface area contributed by atoms with Gasteiger partial charge in [-0.05, 0) is 49.1 Å². The molecule has 1 fully saturated rings. The molecular weight excluding hydrogens is 432 g/mol. The van der Waals surface area contributed by atoms with E-state index in [4.69, 9.17) is 4.74 Å². The zero-order chi connectivity index (χ0) is 20.6. The lowest BCUT2D eigenvalue weighted by Gasteiger charge is -2.30. The van der Waals surface area contributed by atoms with Crippen molar-refractivity contribution >= 4 is 49.6 Å². The Labute approximate surface area is 177 Å². The predicted molar refractivity (Wildman–Crippen MR) is 112 cm³/mol. The molecule has 156 valence electrons. The van der Waals surface area contributed by atoms with Crippen LogP contribution in [0, 0.1) is 5.92 Å². The first kappa shape index (κ1) is 20.5. The van der Waals surface area contributed by atoms with E-state index in [1.807, 2.05) is 0 Å². The highest BCUT2D eigenvalue weighted by Gasteiger charge is 2.34. The van der Waals surface area contributed by atoms with Crippen LogP contribution in [0.1, 0.15) is 40.1 Å². The molecule has 1 aliphatic carbocycles. The number of carbonyl (C=O) groups is 2. The summed E-state index contributed by atoms with van der Waals surface area (Å²) in [6.07, 6.45) is 3.66. The minimum Gasteiger partial charge on any atom is -0.465 e. The van der Waals surface area contributed by atoms with Gasteiger partial charge in [-0.25, -0.2) is 13.2 Å². The Morgan fingerprint density at radius 2 is 2.00 bits per heavy atom. The molecule has 1 saturated heterocycles. The highest BCUT2D eigenvalue weighted by molar-refractivity contribution is 7.91. The molecule has 0 radical (unpaired) electrons. The summed E-state index contributed by atoms with van der Waals surface area (Å²) in [6, 6.07) is 3.32. The zero-order valence-corrected chi connectivity index (χ0v) is 18.4. The normalized spacial score (nSPS) is 17.8. The van der Waals surface area contributed by atoms with E-state index in [-0.39, 0.29) is 11.8 Å². The maximum Gasteiger partial charge on any atom is 0.341 e. The Kier molecular flexibility index (Phi) is 5.78. The molecule has 7 nitrogen and oxygen atoms in total. The Morgan fingerprint density at radius 3 is 2.66 bits per heavy atom. The number of thiophene rings is 2. The molecule has 29 heavy (non-hydrogen) atoms. The number of methoxy groups -OCH3 is 1. The maximum absolute atomic E-state index is 12.8. The molecule has 0 atom stereocenters. The van der Waals surface area contributed by atoms with E-state index in [1.165, 1.54) is 34.1 Å². The number of ether oxygens (including phenoxy) is 1. The molecule has 1 aliphatic heterocycles. The number of sulfonamides is 1. The number of amides is 1. The van der Waals surface area contributed by atoms with Crippen LogP contribution >= 0.6 is 22.7 Å². The van der Waals surface area contributed by atoms with Crippen LogP contribution in [0.25, 0.3) is 0 Å². The van der Waals surface area contributed by atoms with Crippen LogP contribution in [0.3, 0.4) is 0 Å². The second-order valence-corrected chi connectivity index (χ2v) is 11.4. The molecule has 0 spiro atoms. The van der Waals surface area contributed by atoms with Gasteiger partial charge >= 0.3 is 5.97 Å². The Morgan fingerprint density at radius 1 is 1.24 bits per heavy atom. The second-order valence-electron chi connectivity index (χ2n) is 7.15. The topological polar surface area (TPSA) is 92.8 Å². The van der Waals surface area contributed by atoms with Crippen molar-refractivity contribution < 1.29 is 22.7 Å². The summed E-state index contributed by atoms with van der Waals surface area (Å²) >= 11 is 2.65. The van der Waals surface area contributed by atoms with Crippen molar-refractivity contribution in [2.24, 2.45) is 5.92 Å². The first-order chi connectivity index (χ1) is 13.9. The highest BCUT2D eigenvalue weighted by Crippen LogP contribution is 2.40. The Balaban J connectivity index is 1.43. The van der Waals surface area contributed by atoms with E-state index in [2.05, 4.69) is 5.32 Å². The molecule has 10 heteroatoms. The number of rotatable bonds is 5. The van der Waals surface area contributed by atoms with Gasteiger partial charge in [0, 0.05) is 23.9 Å². The van der Waals surface area contributed by atoms with Crippen molar-refractivity contribution in [3.05, 3.63) is 33.5 Å². The van der Waals surface area contributed by atoms with Gasteiger partial charge in [0.25, 0.3) is 10.0 Å². The minimum absolute atomic E-state index is 0.164. The van der Waals surface area contributed by atoms with E-state index in [9.17, 15) is 18.0 Å². The van der Waals surface area contributed by atoms with E-state index in [0.717, 1.165) is 29.7 Å². The van der Waals surface area contributed by atoms with Crippen LogP contribution in [0.2, 0.25) is 0 Å². The summed E-state index contributed by atoms with van der Waals surface area (Å²) in [6.45, 7) is 0.617. The van der Waals surface area contributed by atoms with Crippen molar-refractivity contribution in [1.29, 1.82) is 0 Å². The monoisotopic (exact) mass is 454 g/mol. The number of fused-ring (bicyclic) bond motifs is 1. The van der Waals surface area contributed by atoms with Gasteiger partial charge in [-0.2, -0.15) is 4.31 Å². The van der Waals surface area contributed by atoms with Gasteiger partial charge in [0.1, 0.15) is 9.21 Å². The van der Waals surface area contributed by atoms with Crippen LogP contribution in [0.15, 0.2) is 21.7 Å². The fraction of sp³-hybridized carbons (Fsp3) is 0.474. The smallest absolute Gasteiger partial charge is 0.341 e. The lowest BCUT2D eigenvalue weighted by atomic mass is 9.97. The third-order valence-electron chi connectivity index (χ3n) is 5.46. The average Bonchev–Trinajstić information content (AvgIpc) is 3.45. The maximum atomic E-state index is 12.8. The van der Waals surface area contributed by atoms with Crippen LogP contribution in [0.4, 0.5) is 5.00 Å². The first-order valence-corrected chi connectivity index (χ1v) is 12.6. The average molecular weight is 455 g/mol. The molecule has 0 aromatic carbocycles. The number of aryl methyl sites for hydroxylation is 1. The van der Waals surface area contributed by atoms with Gasteiger partial charge < -0.3 is 10.1 Å². The van der Waals surface area contributed by atoms with Crippen molar-refractivity contribution in [2.75, 3.05) is 25.5 Å². The number of anilines is 1. The number of carbonyl (C=O) groups excluding carboxylic acids is 2. The minimum atomic E-state index is -3.49. The molecule has 1 amide bonds. The first-order valence-electron chi connectivity index (χ1n) is 9.49. The summed E-state index contributed by atoms with van der Waals surface area (Å²) in [5.74, 6) is -0.868. The molecular formula is C19H22N2O5S3. The summed E-state index contributed by atoms with van der Waals surface area (Å²) in [5.41, 5.74) is 1.48. The SMILES string of the molecule is COC(=O)c1c(NC(=O)C2CCN(S(=O)(=O)c3cccs3)CC2)sc2c1CCC2. The summed E-state index contributed by atoms with van der Waals surface area (Å²) in [4.78, 5) is 26.2. The number of nitrogens with one attached hydrogen (secondary N) is 1. The fourth-order valence-corrected chi connectivity index (χ4v) is 7.81. The van der Waals surface area contributed by atoms with Crippen molar-refractivity contribution in [3.8, 4) is 0 Å². The highest BCUT2D eigenvalue weighted by atomic mass is 32.2. The van der Waals surface area contributed by atoms with Gasteiger partial charge in [-0.1, -0.05) is 6.07 Å². The lowest BCUT2D eigenvalue weighted by Crippen LogP contribution is -2.41. The van der Waals surface area contributed by atoms with E-state index < -0.39 is 16.0 Å². The summed E-state index contributed by atoms with van der Waals surface area (Å²) < 4.78 is 32.0. The van der Waals surface area contributed by atoms with E-state index in [0.29, 0.717) is 40.7 Å². The number of hydrogen-bond donors (Lipinski definition) is 1. The number of piperidine rings is 1. The Hall–Kier alpha value is -1.75. The van der Waals surface area contributed by atoms with E-state index >= 15 is 0 Å². The molecule has 0 saturated carbocycles. The van der Waals surface area contributed by atoms with Gasteiger partial charge in [0.05, 0.1) is 12.7 Å². The molecule has 2 aromatic heterocycles. The lowest BCUT2D eigenvalue weighted by molar-refractivity contribution is -0.120. The largest absolute Gasteiger partial charge is 0.465 e. The number of nitrogens with zero attached hydrogens (tertiary/aromatic N) is 1. The third kappa shape index (κ3) is 3.86. The van der Waals surface area contributed by atoms with Gasteiger partial charge in [-0.3, -0.25) is 4.79 Å².